The Balaban J connectivity index is 1.01. The first-order valence-corrected chi connectivity index (χ1v) is 15.9. The molecule has 0 aliphatic carbocycles. The number of amides is 5. The van der Waals surface area contributed by atoms with Crippen molar-refractivity contribution in [3.63, 3.8) is 0 Å². The number of carbonyl (C=O) groups is 5. The fourth-order valence-electron chi connectivity index (χ4n) is 5.93. The van der Waals surface area contributed by atoms with Crippen molar-refractivity contribution in [2.45, 2.75) is 38.0 Å². The highest BCUT2D eigenvalue weighted by atomic mass is 32.1. The molecule has 7 rings (SSSR count). The third-order valence-electron chi connectivity index (χ3n) is 8.26. The molecule has 10 nitrogen and oxygen atoms in total. The van der Waals surface area contributed by atoms with Gasteiger partial charge in [0, 0.05) is 28.4 Å². The lowest BCUT2D eigenvalue weighted by molar-refractivity contribution is -0.136. The minimum atomic E-state index is -1.05. The molecule has 47 heavy (non-hydrogen) atoms. The van der Waals surface area contributed by atoms with Crippen molar-refractivity contribution in [3.05, 3.63) is 130 Å². The van der Waals surface area contributed by atoms with Crippen molar-refractivity contribution in [1.82, 2.24) is 20.5 Å². The van der Waals surface area contributed by atoms with Gasteiger partial charge in [0.1, 0.15) is 18.4 Å². The predicted octanol–water partition coefficient (Wildman–Crippen LogP) is 4.72. The van der Waals surface area contributed by atoms with Crippen LogP contribution >= 0.6 is 11.3 Å². The van der Waals surface area contributed by atoms with E-state index in [2.05, 4.69) is 33.8 Å². The molecule has 1 fully saturated rings. The molecule has 4 heterocycles. The number of aromatic nitrogens is 1. The number of ether oxygens (including phenoxy) is 1. The third-order valence-corrected chi connectivity index (χ3v) is 9.44. The summed E-state index contributed by atoms with van der Waals surface area (Å²) in [5.74, 6) is -2.23. The summed E-state index contributed by atoms with van der Waals surface area (Å²) in [4.78, 5) is 69.9. The molecule has 2 unspecified atom stereocenters. The maximum atomic E-state index is 13.3. The molecule has 0 saturated carbocycles. The van der Waals surface area contributed by atoms with Crippen LogP contribution in [0.3, 0.4) is 0 Å². The largest absolute Gasteiger partial charge is 0.488 e. The number of benzene rings is 3. The Hall–Kier alpha value is -5.68. The molecule has 2 N–H and O–H groups in total. The summed E-state index contributed by atoms with van der Waals surface area (Å²) in [6, 6.07) is 24.8. The zero-order valence-corrected chi connectivity index (χ0v) is 25.8. The molecule has 2 aromatic heterocycles. The quantitative estimate of drug-likeness (QED) is 0.222. The zero-order valence-electron chi connectivity index (χ0n) is 25.0. The van der Waals surface area contributed by atoms with E-state index in [-0.39, 0.29) is 54.7 Å². The first-order valence-electron chi connectivity index (χ1n) is 15.1. The number of fused-ring (bicyclic) bond motifs is 2. The topological polar surface area (TPSA) is 135 Å². The van der Waals surface area contributed by atoms with Crippen molar-refractivity contribution in [1.29, 1.82) is 0 Å². The number of pyridine rings is 1. The zero-order chi connectivity index (χ0) is 32.5. The molecule has 0 radical (unpaired) electrons. The Morgan fingerprint density at radius 1 is 0.957 bits per heavy atom. The van der Waals surface area contributed by atoms with Crippen molar-refractivity contribution < 1.29 is 28.7 Å². The number of carbonyl (C=O) groups excluding carboxylic acids is 5. The smallest absolute Gasteiger partial charge is 0.266 e. The van der Waals surface area contributed by atoms with E-state index in [1.54, 1.807) is 35.9 Å². The highest BCUT2D eigenvalue weighted by molar-refractivity contribution is 7.19. The summed E-state index contributed by atoms with van der Waals surface area (Å²) in [7, 11) is 0. The number of piperidine rings is 1. The molecule has 5 aromatic rings. The van der Waals surface area contributed by atoms with Gasteiger partial charge in [-0.15, -0.1) is 11.3 Å². The van der Waals surface area contributed by atoms with Gasteiger partial charge in [-0.3, -0.25) is 39.2 Å². The second-order valence-corrected chi connectivity index (χ2v) is 12.5. The van der Waals surface area contributed by atoms with E-state index in [9.17, 15) is 24.0 Å². The van der Waals surface area contributed by atoms with Crippen molar-refractivity contribution in [3.8, 4) is 5.75 Å². The second kappa shape index (κ2) is 12.6. The first-order chi connectivity index (χ1) is 22.9. The van der Waals surface area contributed by atoms with E-state index in [0.29, 0.717) is 0 Å². The minimum Gasteiger partial charge on any atom is -0.488 e. The van der Waals surface area contributed by atoms with Crippen LogP contribution in [0.2, 0.25) is 0 Å². The van der Waals surface area contributed by atoms with Crippen molar-refractivity contribution >= 4 is 51.0 Å². The number of hydrogen-bond acceptors (Lipinski definition) is 8. The molecule has 234 valence electrons. The van der Waals surface area contributed by atoms with Crippen LogP contribution < -0.4 is 15.4 Å². The Bertz CT molecular complexity index is 2010. The van der Waals surface area contributed by atoms with Gasteiger partial charge in [0.25, 0.3) is 11.8 Å². The Labute approximate surface area is 273 Å². The summed E-state index contributed by atoms with van der Waals surface area (Å²) in [5, 5.41) is 6.51. The van der Waals surface area contributed by atoms with E-state index in [1.807, 2.05) is 48.5 Å². The fraction of sp³-hybridized carbons (Fsp3) is 0.167. The van der Waals surface area contributed by atoms with Crippen LogP contribution in [0.15, 0.2) is 97.3 Å². The molecule has 0 bridgehead atoms. The molecular weight excluding hydrogens is 616 g/mol. The summed E-state index contributed by atoms with van der Waals surface area (Å²) < 4.78 is 7.14. The lowest BCUT2D eigenvalue weighted by atomic mass is 10.0. The normalized spacial score (nSPS) is 16.6. The number of hydrogen-bond donors (Lipinski definition) is 2. The van der Waals surface area contributed by atoms with E-state index >= 15 is 0 Å². The van der Waals surface area contributed by atoms with Gasteiger partial charge in [0.15, 0.2) is 0 Å². The van der Waals surface area contributed by atoms with Gasteiger partial charge >= 0.3 is 0 Å². The maximum Gasteiger partial charge on any atom is 0.266 e. The van der Waals surface area contributed by atoms with Crippen LogP contribution in [0.5, 0.6) is 5.75 Å². The highest BCUT2D eigenvalue weighted by Gasteiger charge is 2.46. The van der Waals surface area contributed by atoms with E-state index < -0.39 is 29.7 Å². The summed E-state index contributed by atoms with van der Waals surface area (Å²) >= 11 is 1.64. The van der Waals surface area contributed by atoms with Gasteiger partial charge in [0.05, 0.1) is 23.6 Å². The molecule has 1 saturated heterocycles. The summed E-state index contributed by atoms with van der Waals surface area (Å²) in [6.45, 7) is 0.109. The molecule has 2 aliphatic rings. The number of rotatable bonds is 9. The lowest BCUT2D eigenvalue weighted by Gasteiger charge is -2.27. The van der Waals surface area contributed by atoms with Crippen molar-refractivity contribution in [2.75, 3.05) is 0 Å². The molecule has 5 amide bonds. The van der Waals surface area contributed by atoms with Gasteiger partial charge in [-0.2, -0.15) is 0 Å². The standard InChI is InChI=1S/C36H28N4O6S/c41-30-15-14-26(34(43)39-30)40-35(44)25-7-3-8-27(32(25)36(40)45)46-20-22-12-10-21(11-13-22)17-31(42)38-33(24-6-4-16-37-19-24)29-18-23-5-1-2-9-28(23)47-29/h1-13,16,18-19,26,33H,14-15,17,20H2,(H,38,42)(H,39,41,43). The van der Waals surface area contributed by atoms with E-state index in [1.165, 1.54) is 6.07 Å². The summed E-state index contributed by atoms with van der Waals surface area (Å²) in [5.41, 5.74) is 2.75. The monoisotopic (exact) mass is 644 g/mol. The number of nitrogens with zero attached hydrogens (tertiary/aromatic N) is 2. The van der Waals surface area contributed by atoms with Gasteiger partial charge in [-0.25, -0.2) is 0 Å². The van der Waals surface area contributed by atoms with Gasteiger partial charge in [0.2, 0.25) is 17.7 Å². The molecular formula is C36H28N4O6S. The molecule has 11 heteroatoms. The number of thiophene rings is 1. The fourth-order valence-corrected chi connectivity index (χ4v) is 7.07. The van der Waals surface area contributed by atoms with Gasteiger partial charge < -0.3 is 10.1 Å². The minimum absolute atomic E-state index is 0.0435. The average Bonchev–Trinajstić information content (AvgIpc) is 3.62. The number of nitrogens with one attached hydrogen (secondary N) is 2. The maximum absolute atomic E-state index is 13.3. The Morgan fingerprint density at radius 2 is 1.77 bits per heavy atom. The van der Waals surface area contributed by atoms with Crippen LogP contribution in [0.25, 0.3) is 10.1 Å². The van der Waals surface area contributed by atoms with Gasteiger partial charge in [-0.1, -0.05) is 54.6 Å². The number of imide groups is 2. The highest BCUT2D eigenvalue weighted by Crippen LogP contribution is 2.35. The first kappa shape index (κ1) is 30.0. The van der Waals surface area contributed by atoms with E-state index in [4.69, 9.17) is 4.74 Å². The predicted molar refractivity (Wildman–Crippen MR) is 174 cm³/mol. The second-order valence-electron chi connectivity index (χ2n) is 11.4. The molecule has 0 spiro atoms. The summed E-state index contributed by atoms with van der Waals surface area (Å²) in [6.07, 6.45) is 3.76. The average molecular weight is 645 g/mol. The van der Waals surface area contributed by atoms with Crippen molar-refractivity contribution in [2.24, 2.45) is 0 Å². The van der Waals surface area contributed by atoms with Crippen LogP contribution in [-0.2, 0) is 27.4 Å². The van der Waals surface area contributed by atoms with Gasteiger partial charge in [-0.05, 0) is 58.8 Å². The van der Waals surface area contributed by atoms with E-state index in [0.717, 1.165) is 36.6 Å². The molecule has 2 atom stereocenters. The Kier molecular flexibility index (Phi) is 8.05. The van der Waals surface area contributed by atoms with Crippen LogP contribution in [0, 0.1) is 0 Å². The SMILES string of the molecule is O=C1CCC(N2C(=O)c3cccc(OCc4ccc(CC(=O)NC(c5cccnc5)c5cc6ccccc6s5)cc4)c3C2=O)C(=O)N1. The molecule has 3 aromatic carbocycles. The van der Waals surface area contributed by atoms with Crippen LogP contribution in [-0.4, -0.2) is 45.5 Å². The lowest BCUT2D eigenvalue weighted by Crippen LogP contribution is -2.54. The van der Waals surface area contributed by atoms with Crippen LogP contribution in [0.1, 0.15) is 61.2 Å². The van der Waals surface area contributed by atoms with Crippen LogP contribution in [0.4, 0.5) is 0 Å². The molecule has 2 aliphatic heterocycles. The Morgan fingerprint density at radius 3 is 2.53 bits per heavy atom. The third kappa shape index (κ3) is 6.00.